The standard InChI is InChI=1S/C33H35N2O5P/c34-31(22-25-12-6-2-7-13-25)41(39,40)23-29(20-26-16-18-28(19-17-26)27-14-8-3-9-15-27)32(36)35-30(33(37)38)21-24-10-4-1-5-11-24/h1-19,29-31H,20-23,34H2,(H,35,36)(H,37,38)(H,39,40)/t29-,30+,31-/m1/s1. The summed E-state index contributed by atoms with van der Waals surface area (Å²) in [5, 5.41) is 12.5. The van der Waals surface area contributed by atoms with E-state index in [1.807, 2.05) is 91.0 Å². The maximum atomic E-state index is 13.6. The first-order chi connectivity index (χ1) is 19.7. The number of carboxylic acid groups (broad SMARTS) is 1. The number of nitrogens with one attached hydrogen (secondary N) is 1. The van der Waals surface area contributed by atoms with E-state index in [9.17, 15) is 24.2 Å². The summed E-state index contributed by atoms with van der Waals surface area (Å²) < 4.78 is 13.5. The van der Waals surface area contributed by atoms with Crippen LogP contribution in [0.1, 0.15) is 16.7 Å². The van der Waals surface area contributed by atoms with Gasteiger partial charge in [-0.3, -0.25) is 9.36 Å². The van der Waals surface area contributed by atoms with Crippen molar-refractivity contribution in [3.8, 4) is 11.1 Å². The van der Waals surface area contributed by atoms with E-state index in [0.29, 0.717) is 0 Å². The van der Waals surface area contributed by atoms with Crippen molar-refractivity contribution >= 4 is 19.2 Å². The molecule has 7 nitrogen and oxygen atoms in total. The molecule has 0 aliphatic rings. The normalized spacial score (nSPS) is 14.8. The van der Waals surface area contributed by atoms with E-state index >= 15 is 0 Å². The zero-order valence-electron chi connectivity index (χ0n) is 22.7. The Morgan fingerprint density at radius 1 is 0.683 bits per heavy atom. The van der Waals surface area contributed by atoms with Crippen LogP contribution in [0.4, 0.5) is 0 Å². The lowest BCUT2D eigenvalue weighted by atomic mass is 9.97. The third kappa shape index (κ3) is 8.73. The molecule has 0 spiro atoms. The van der Waals surface area contributed by atoms with Crippen molar-refractivity contribution in [1.29, 1.82) is 0 Å². The number of amides is 1. The quantitative estimate of drug-likeness (QED) is 0.165. The van der Waals surface area contributed by atoms with Crippen LogP contribution >= 0.6 is 7.37 Å². The van der Waals surface area contributed by atoms with E-state index in [1.54, 1.807) is 24.3 Å². The second-order valence-electron chi connectivity index (χ2n) is 10.2. The lowest BCUT2D eigenvalue weighted by molar-refractivity contribution is -0.142. The second kappa shape index (κ2) is 14.0. The van der Waals surface area contributed by atoms with Gasteiger partial charge in [-0.05, 0) is 40.7 Å². The summed E-state index contributed by atoms with van der Waals surface area (Å²) in [7, 11) is -4.02. The summed E-state index contributed by atoms with van der Waals surface area (Å²) in [6.07, 6.45) is 0.0529. The molecule has 0 heterocycles. The van der Waals surface area contributed by atoms with Crippen LogP contribution in [-0.4, -0.2) is 39.9 Å². The molecule has 212 valence electrons. The van der Waals surface area contributed by atoms with E-state index in [0.717, 1.165) is 27.8 Å². The highest BCUT2D eigenvalue weighted by atomic mass is 31.2. The molecule has 1 amide bonds. The van der Waals surface area contributed by atoms with Gasteiger partial charge < -0.3 is 21.1 Å². The van der Waals surface area contributed by atoms with Gasteiger partial charge in [0.25, 0.3) is 0 Å². The first-order valence-electron chi connectivity index (χ1n) is 13.5. The molecule has 0 radical (unpaired) electrons. The van der Waals surface area contributed by atoms with Gasteiger partial charge in [-0.15, -0.1) is 0 Å². The van der Waals surface area contributed by atoms with Crippen LogP contribution in [0.15, 0.2) is 115 Å². The number of carbonyl (C=O) groups excluding carboxylic acids is 1. The average Bonchev–Trinajstić information content (AvgIpc) is 2.98. The van der Waals surface area contributed by atoms with Crippen LogP contribution in [-0.2, 0) is 33.4 Å². The van der Waals surface area contributed by atoms with E-state index in [2.05, 4.69) is 5.32 Å². The molecule has 0 aliphatic heterocycles. The van der Waals surface area contributed by atoms with Crippen molar-refractivity contribution in [2.45, 2.75) is 31.1 Å². The molecule has 0 bridgehead atoms. The number of benzene rings is 4. The van der Waals surface area contributed by atoms with E-state index in [1.165, 1.54) is 0 Å². The minimum absolute atomic E-state index is 0.0880. The Morgan fingerprint density at radius 2 is 1.15 bits per heavy atom. The third-order valence-electron chi connectivity index (χ3n) is 7.10. The molecular weight excluding hydrogens is 535 g/mol. The van der Waals surface area contributed by atoms with Gasteiger partial charge in [0.05, 0.1) is 11.7 Å². The molecule has 41 heavy (non-hydrogen) atoms. The summed E-state index contributed by atoms with van der Waals surface area (Å²) in [5.74, 6) is -3.81. The van der Waals surface area contributed by atoms with Crippen LogP contribution in [0.2, 0.25) is 0 Å². The fourth-order valence-corrected chi connectivity index (χ4v) is 6.47. The smallest absolute Gasteiger partial charge is 0.326 e. The van der Waals surface area contributed by atoms with Crippen LogP contribution < -0.4 is 11.1 Å². The SMILES string of the molecule is N[C@@H](Cc1ccccc1)P(=O)(O)C[C@@H](Cc1ccc(-c2ccccc2)cc1)C(=O)N[C@@H](Cc1ccccc1)C(=O)O. The van der Waals surface area contributed by atoms with Gasteiger partial charge in [-0.1, -0.05) is 115 Å². The van der Waals surface area contributed by atoms with E-state index < -0.39 is 37.0 Å². The Balaban J connectivity index is 1.55. The molecule has 5 N–H and O–H groups in total. The first-order valence-corrected chi connectivity index (χ1v) is 15.4. The molecule has 4 rings (SSSR count). The minimum Gasteiger partial charge on any atom is -0.480 e. The van der Waals surface area contributed by atoms with Crippen LogP contribution in [0, 0.1) is 5.92 Å². The summed E-state index contributed by atoms with van der Waals surface area (Å²) in [6.45, 7) is 0. The van der Waals surface area contributed by atoms with Gasteiger partial charge in [-0.2, -0.15) is 0 Å². The van der Waals surface area contributed by atoms with E-state index in [-0.39, 0.29) is 25.4 Å². The van der Waals surface area contributed by atoms with Gasteiger partial charge in [0.1, 0.15) is 6.04 Å². The molecule has 0 aromatic heterocycles. The fraction of sp³-hybridized carbons (Fsp3) is 0.212. The molecular formula is C33H35N2O5P. The fourth-order valence-electron chi connectivity index (χ4n) is 4.78. The first kappa shape index (κ1) is 29.9. The lowest BCUT2D eigenvalue weighted by Crippen LogP contribution is -2.46. The number of nitrogens with two attached hydrogens (primary N) is 1. The van der Waals surface area contributed by atoms with Gasteiger partial charge >= 0.3 is 5.97 Å². The average molecular weight is 571 g/mol. The number of hydrogen-bond donors (Lipinski definition) is 4. The van der Waals surface area contributed by atoms with Crippen molar-refractivity contribution < 1.29 is 24.2 Å². The second-order valence-corrected chi connectivity index (χ2v) is 12.8. The highest BCUT2D eigenvalue weighted by molar-refractivity contribution is 7.58. The Bertz CT molecular complexity index is 1460. The predicted molar refractivity (Wildman–Crippen MR) is 162 cm³/mol. The largest absolute Gasteiger partial charge is 0.480 e. The van der Waals surface area contributed by atoms with Crippen molar-refractivity contribution in [2.75, 3.05) is 6.16 Å². The summed E-state index contributed by atoms with van der Waals surface area (Å²) in [5.41, 5.74) is 10.6. The van der Waals surface area contributed by atoms with Gasteiger partial charge in [0.2, 0.25) is 13.3 Å². The highest BCUT2D eigenvalue weighted by Crippen LogP contribution is 2.47. The number of hydrogen-bond acceptors (Lipinski definition) is 4. The Morgan fingerprint density at radius 3 is 1.68 bits per heavy atom. The molecule has 1 unspecified atom stereocenters. The predicted octanol–water partition coefficient (Wildman–Crippen LogP) is 5.12. The lowest BCUT2D eigenvalue weighted by Gasteiger charge is -2.26. The number of aliphatic carboxylic acids is 1. The van der Waals surface area contributed by atoms with Crippen molar-refractivity contribution in [3.63, 3.8) is 0 Å². The Labute approximate surface area is 240 Å². The summed E-state index contributed by atoms with van der Waals surface area (Å²) >= 11 is 0. The van der Waals surface area contributed by atoms with Crippen LogP contribution in [0.3, 0.4) is 0 Å². The van der Waals surface area contributed by atoms with Gasteiger partial charge in [0, 0.05) is 12.6 Å². The molecule has 0 aliphatic carbocycles. The molecule has 0 fully saturated rings. The highest BCUT2D eigenvalue weighted by Gasteiger charge is 2.35. The van der Waals surface area contributed by atoms with Crippen molar-refractivity contribution in [2.24, 2.45) is 11.7 Å². The maximum Gasteiger partial charge on any atom is 0.326 e. The van der Waals surface area contributed by atoms with Crippen LogP contribution in [0.25, 0.3) is 11.1 Å². The van der Waals surface area contributed by atoms with E-state index in [4.69, 9.17) is 5.73 Å². The topological polar surface area (TPSA) is 130 Å². The molecule has 4 aromatic carbocycles. The number of carbonyl (C=O) groups is 2. The molecule has 0 saturated heterocycles. The number of rotatable bonds is 13. The van der Waals surface area contributed by atoms with Crippen molar-refractivity contribution in [3.05, 3.63) is 132 Å². The Hall–Kier alpha value is -4.03. The van der Waals surface area contributed by atoms with Crippen molar-refractivity contribution in [1.82, 2.24) is 5.32 Å². The number of carboxylic acids is 1. The minimum atomic E-state index is -4.02. The Kier molecular flexibility index (Phi) is 10.3. The summed E-state index contributed by atoms with van der Waals surface area (Å²) in [6, 6.07) is 34.5. The van der Waals surface area contributed by atoms with Gasteiger partial charge in [-0.25, -0.2) is 4.79 Å². The summed E-state index contributed by atoms with van der Waals surface area (Å²) in [4.78, 5) is 36.6. The zero-order chi connectivity index (χ0) is 29.2. The maximum absolute atomic E-state index is 13.6. The third-order valence-corrected chi connectivity index (χ3v) is 9.28. The molecule has 0 saturated carbocycles. The molecule has 8 heteroatoms. The molecule has 4 atom stereocenters. The molecule has 4 aromatic rings. The monoisotopic (exact) mass is 570 g/mol. The van der Waals surface area contributed by atoms with Crippen LogP contribution in [0.5, 0.6) is 0 Å². The zero-order valence-corrected chi connectivity index (χ0v) is 23.6. The van der Waals surface area contributed by atoms with Gasteiger partial charge in [0.15, 0.2) is 0 Å².